The summed E-state index contributed by atoms with van der Waals surface area (Å²) in [7, 11) is -21.3. The van der Waals surface area contributed by atoms with E-state index in [1.54, 1.807) is 0 Å². The summed E-state index contributed by atoms with van der Waals surface area (Å²) in [6.45, 7) is 7.62. The number of halogens is 12. The molecule has 386 valence electrons. The molecule has 2 aromatic carbocycles. The summed E-state index contributed by atoms with van der Waals surface area (Å²) in [5.41, 5.74) is 8.59. The minimum Gasteiger partial charge on any atom is -0.377 e. The molecule has 0 unspecified atom stereocenters. The maximum absolute atomic E-state index is 10.7. The predicted molar refractivity (Wildman–Crippen MR) is 239 cm³/mol. The van der Waals surface area contributed by atoms with E-state index in [9.17, 15) is 50.4 Å². The molecule has 1 aliphatic rings. The Bertz CT molecular complexity index is 2210. The average molecular weight is 1050 g/mol. The molecule has 0 radical (unpaired) electrons. The molecule has 0 atom stereocenters. The molecule has 0 fully saturated rings. The van der Waals surface area contributed by atoms with Gasteiger partial charge < -0.3 is 28.4 Å². The van der Waals surface area contributed by atoms with Crippen LogP contribution < -0.4 is 9.13 Å². The first-order valence-electron chi connectivity index (χ1n) is 21.2. The third-order valence-corrected chi connectivity index (χ3v) is 8.75. The second kappa shape index (κ2) is 24.8. The average Bonchev–Trinajstić information content (AvgIpc) is 3.27. The molecule has 0 amide bonds. The zero-order valence-corrected chi connectivity index (χ0v) is 39.2. The molecule has 1 aliphatic heterocycles. The van der Waals surface area contributed by atoms with Crippen molar-refractivity contribution in [1.82, 2.24) is 9.97 Å². The molecule has 0 aliphatic carbocycles. The van der Waals surface area contributed by atoms with Gasteiger partial charge in [-0.2, -0.15) is 0 Å². The monoisotopic (exact) mass is 1050 g/mol. The van der Waals surface area contributed by atoms with E-state index in [-0.39, 0.29) is 0 Å². The molecule has 0 spiro atoms. The molecule has 10 nitrogen and oxygen atoms in total. The molecule has 70 heavy (non-hydrogen) atoms. The molecule has 7 rings (SSSR count). The minimum atomic E-state index is -10.7. The van der Waals surface area contributed by atoms with Crippen LogP contribution in [0.25, 0.3) is 11.1 Å². The fourth-order valence-corrected chi connectivity index (χ4v) is 5.86. The molecule has 0 saturated carbocycles. The zero-order valence-electron chi connectivity index (χ0n) is 37.4. The van der Waals surface area contributed by atoms with Gasteiger partial charge in [0.2, 0.25) is 0 Å². The van der Waals surface area contributed by atoms with E-state index in [0.29, 0.717) is 79.3 Å². The first-order valence-corrected chi connectivity index (χ1v) is 25.3. The van der Waals surface area contributed by atoms with Crippen molar-refractivity contribution >= 4 is 15.6 Å². The van der Waals surface area contributed by atoms with Crippen LogP contribution in [0, 0.1) is 0 Å². The van der Waals surface area contributed by atoms with Crippen LogP contribution in [0.5, 0.6) is 0 Å². The van der Waals surface area contributed by atoms with Gasteiger partial charge in [0.1, 0.15) is 0 Å². The van der Waals surface area contributed by atoms with E-state index in [1.165, 1.54) is 22.3 Å². The molecule has 6 aromatic rings. The van der Waals surface area contributed by atoms with Gasteiger partial charge in [0.25, 0.3) is 0 Å². The van der Waals surface area contributed by atoms with Crippen LogP contribution in [0.4, 0.5) is 50.4 Å². The van der Waals surface area contributed by atoms with Crippen LogP contribution in [0.2, 0.25) is 0 Å². The number of rotatable bonds is 5. The van der Waals surface area contributed by atoms with Crippen LogP contribution in [0.3, 0.4) is 0 Å². The van der Waals surface area contributed by atoms with Gasteiger partial charge in [0.15, 0.2) is 37.9 Å². The van der Waals surface area contributed by atoms with Gasteiger partial charge in [-0.05, 0) is 35.4 Å². The van der Waals surface area contributed by atoms with Crippen molar-refractivity contribution in [3.8, 4) is 11.1 Å². The number of fused-ring (bicyclic) bond motifs is 4. The summed E-state index contributed by atoms with van der Waals surface area (Å²) in [6.07, 6.45) is 8.58. The third kappa shape index (κ3) is 31.9. The Morgan fingerprint density at radius 3 is 0.829 bits per heavy atom. The SMILES string of the molecule is F[P-](F)(F)(F)(F)F.F[P-](F)(F)(F)(F)F.c1cc2nc(c1)COCCOCCOCc1cccc(n1)COCCOCCOC2.c1ccc(C[n+]2ccc(-c3cc[n+](Cc4ccccc4)cc3)cc2)cc1. The summed E-state index contributed by atoms with van der Waals surface area (Å²) in [5, 5.41) is 0. The Labute approximate surface area is 396 Å². The van der Waals surface area contributed by atoms with E-state index < -0.39 is 15.6 Å². The largest absolute Gasteiger partial charge is 0.377 e. The van der Waals surface area contributed by atoms with Crippen molar-refractivity contribution in [3.63, 3.8) is 0 Å². The first kappa shape index (κ1) is 57.4. The van der Waals surface area contributed by atoms with Crippen molar-refractivity contribution in [2.45, 2.75) is 39.5 Å². The number of aromatic nitrogens is 4. The van der Waals surface area contributed by atoms with Crippen LogP contribution in [0.15, 0.2) is 146 Å². The molecule has 0 N–H and O–H groups in total. The topological polar surface area (TPSA) is 88.9 Å². The third-order valence-electron chi connectivity index (χ3n) is 8.75. The van der Waals surface area contributed by atoms with Crippen LogP contribution in [-0.4, -0.2) is 62.8 Å². The van der Waals surface area contributed by atoms with E-state index in [2.05, 4.69) is 129 Å². The predicted octanol–water partition coefficient (Wildman–Crippen LogP) is 13.1. The molecule has 24 heteroatoms. The maximum atomic E-state index is 9.87. The van der Waals surface area contributed by atoms with Crippen molar-refractivity contribution in [2.24, 2.45) is 0 Å². The van der Waals surface area contributed by atoms with Gasteiger partial charge in [-0.15, -0.1) is 0 Å². The van der Waals surface area contributed by atoms with Crippen molar-refractivity contribution in [1.29, 1.82) is 0 Å². The van der Waals surface area contributed by atoms with E-state index >= 15 is 0 Å². The zero-order chi connectivity index (χ0) is 51.1. The second-order valence-electron chi connectivity index (χ2n) is 15.1. The van der Waals surface area contributed by atoms with Gasteiger partial charge in [0, 0.05) is 35.4 Å². The first-order chi connectivity index (χ1) is 32.7. The van der Waals surface area contributed by atoms with Gasteiger partial charge >= 0.3 is 66.0 Å². The molecule has 0 saturated heterocycles. The summed E-state index contributed by atoms with van der Waals surface area (Å²) >= 11 is 0. The van der Waals surface area contributed by atoms with E-state index in [0.717, 1.165) is 35.9 Å². The number of benzene rings is 2. The number of hydrogen-bond acceptors (Lipinski definition) is 8. The number of pyridine rings is 4. The Hall–Kier alpha value is -5.18. The van der Waals surface area contributed by atoms with Gasteiger partial charge in [0.05, 0.1) is 102 Å². The number of nitrogens with zero attached hydrogens (tertiary/aromatic N) is 4. The fourth-order valence-electron chi connectivity index (χ4n) is 5.86. The summed E-state index contributed by atoms with van der Waals surface area (Å²) in [4.78, 5) is 9.08. The van der Waals surface area contributed by atoms with Crippen LogP contribution in [-0.2, 0) is 67.9 Å². The normalized spacial score (nSPS) is 16.7. The van der Waals surface area contributed by atoms with Gasteiger partial charge in [-0.25, -0.2) is 9.13 Å². The van der Waals surface area contributed by atoms with Crippen LogP contribution in [0.1, 0.15) is 33.9 Å². The quantitative estimate of drug-likeness (QED) is 0.0958. The van der Waals surface area contributed by atoms with Gasteiger partial charge in [-0.1, -0.05) is 72.8 Å². The number of hydrogen-bond donors (Lipinski definition) is 0. The fraction of sp³-hybridized carbons (Fsp3) is 0.304. The minimum absolute atomic E-state index is 0.443. The van der Waals surface area contributed by atoms with E-state index in [4.69, 9.17) is 28.4 Å². The Balaban J connectivity index is 0.000000241. The molecular weight excluding hydrogens is 994 g/mol. The second-order valence-corrected chi connectivity index (χ2v) is 18.9. The smallest absolute Gasteiger partial charge is 0.173 e. The van der Waals surface area contributed by atoms with Crippen molar-refractivity contribution in [2.75, 3.05) is 52.9 Å². The number of ether oxygens (including phenoxy) is 6. The summed E-state index contributed by atoms with van der Waals surface area (Å²) < 4.78 is 156. The van der Waals surface area contributed by atoms with Gasteiger partial charge in [-0.3, -0.25) is 9.97 Å². The van der Waals surface area contributed by atoms with Crippen molar-refractivity contribution in [3.05, 3.63) is 180 Å². The van der Waals surface area contributed by atoms with E-state index in [1.807, 2.05) is 36.4 Å². The van der Waals surface area contributed by atoms with Crippen LogP contribution >= 0.6 is 15.6 Å². The summed E-state index contributed by atoms with van der Waals surface area (Å²) in [6, 6.07) is 41.5. The standard InChI is InChI=1S/C24H22N2.C22H30N2O6.2F6P/c1-3-7-21(8-4-1)19-25-15-11-23(12-16-25)24-13-17-26(18-14-24)20-22-9-5-2-6-10-22;1-3-19-15-27-11-7-25-9-13-29-17-21-5-2-6-22(24-21)18-30-14-10-26-8-12-28-16-20(4-1)23-19;2*1-7(2,3,4,5)6/h1-18H,19-20H2;1-6H,7-18H2;;/q+2;;2*-1. The maximum Gasteiger partial charge on any atom is 0.173 e. The molecular formula is C46H52F12N4O6P2. The summed E-state index contributed by atoms with van der Waals surface area (Å²) in [5.74, 6) is 0. The molecule has 4 bridgehead atoms. The Kier molecular flexibility index (Phi) is 20.3. The Morgan fingerprint density at radius 1 is 0.329 bits per heavy atom. The molecule has 4 aromatic heterocycles. The van der Waals surface area contributed by atoms with Crippen molar-refractivity contribution < 1.29 is 87.9 Å². The Morgan fingerprint density at radius 2 is 0.571 bits per heavy atom. The molecule has 5 heterocycles.